The Kier molecular flexibility index (Phi) is 7.53. The molecule has 1 saturated heterocycles. The van der Waals surface area contributed by atoms with Crippen molar-refractivity contribution in [2.45, 2.75) is 62.7 Å². The first-order valence-corrected chi connectivity index (χ1v) is 15.9. The molecule has 43 heavy (non-hydrogen) atoms. The highest BCUT2D eigenvalue weighted by atomic mass is 32.2. The number of anilines is 2. The van der Waals surface area contributed by atoms with Crippen LogP contribution in [-0.2, 0) is 32.8 Å². The number of carbonyl (C=O) groups excluding carboxylic acids is 1. The van der Waals surface area contributed by atoms with E-state index in [9.17, 15) is 26.4 Å². The van der Waals surface area contributed by atoms with E-state index in [2.05, 4.69) is 20.4 Å². The van der Waals surface area contributed by atoms with Gasteiger partial charge in [-0.15, -0.1) is 0 Å². The van der Waals surface area contributed by atoms with Crippen LogP contribution in [0.4, 0.5) is 24.5 Å². The Morgan fingerprint density at radius 1 is 1.19 bits per heavy atom. The number of aryl methyl sites for hydroxylation is 2. The van der Waals surface area contributed by atoms with Gasteiger partial charge in [0.05, 0.1) is 33.6 Å². The summed E-state index contributed by atoms with van der Waals surface area (Å²) in [6.07, 6.45) is -0.0426. The molecule has 4 heterocycles. The maximum atomic E-state index is 14.3. The van der Waals surface area contributed by atoms with Crippen molar-refractivity contribution in [2.24, 2.45) is 13.0 Å². The first-order valence-electron chi connectivity index (χ1n) is 14.0. The van der Waals surface area contributed by atoms with Gasteiger partial charge in [0, 0.05) is 38.1 Å². The van der Waals surface area contributed by atoms with E-state index in [1.807, 2.05) is 13.1 Å². The number of pyridine rings is 1. The highest BCUT2D eigenvalue weighted by molar-refractivity contribution is 7.90. The van der Waals surface area contributed by atoms with Gasteiger partial charge in [-0.25, -0.2) is 31.6 Å². The number of sulfone groups is 1. The van der Waals surface area contributed by atoms with Gasteiger partial charge in [-0.2, -0.15) is 5.10 Å². The molecule has 2 unspecified atom stereocenters. The third-order valence-electron chi connectivity index (χ3n) is 7.78. The number of aromatic nitrogens is 5. The number of hydrogen-bond acceptors (Lipinski definition) is 8. The van der Waals surface area contributed by atoms with Crippen LogP contribution in [0.15, 0.2) is 35.4 Å². The normalized spacial score (nSPS) is 20.6. The van der Waals surface area contributed by atoms with E-state index in [-0.39, 0.29) is 51.8 Å². The van der Waals surface area contributed by atoms with Crippen molar-refractivity contribution in [3.05, 3.63) is 47.5 Å². The number of Topliss-reactive ketones (excluding diaryl/α,β-unsaturated/α-hetero) is 1. The summed E-state index contributed by atoms with van der Waals surface area (Å²) < 4.78 is 77.0. The molecule has 3 aromatic heterocycles. The van der Waals surface area contributed by atoms with Crippen molar-refractivity contribution in [3.8, 4) is 11.3 Å². The van der Waals surface area contributed by atoms with E-state index >= 15 is 0 Å². The van der Waals surface area contributed by atoms with Crippen LogP contribution < -0.4 is 5.32 Å². The van der Waals surface area contributed by atoms with E-state index in [0.29, 0.717) is 24.3 Å². The number of ketones is 1. The Bertz CT molecular complexity index is 1830. The average molecular weight is 617 g/mol. The van der Waals surface area contributed by atoms with Crippen LogP contribution >= 0.6 is 0 Å². The average Bonchev–Trinajstić information content (AvgIpc) is 3.40. The highest BCUT2D eigenvalue weighted by Gasteiger charge is 2.43. The zero-order valence-corrected chi connectivity index (χ0v) is 24.7. The number of ether oxygens (including phenoxy) is 1. The monoisotopic (exact) mass is 616 g/mol. The highest BCUT2D eigenvalue weighted by Crippen LogP contribution is 2.39. The number of alkyl halides is 3. The van der Waals surface area contributed by atoms with Gasteiger partial charge in [-0.05, 0) is 56.4 Å². The number of fused-ring (bicyclic) bond motifs is 1. The Balaban J connectivity index is 1.50. The summed E-state index contributed by atoms with van der Waals surface area (Å²) in [5.74, 6) is -1.60. The van der Waals surface area contributed by atoms with Gasteiger partial charge < -0.3 is 10.1 Å². The molecule has 1 saturated carbocycles. The smallest absolute Gasteiger partial charge is 0.295 e. The summed E-state index contributed by atoms with van der Waals surface area (Å²) in [5, 5.41) is 7.51. The third-order valence-corrected chi connectivity index (χ3v) is 8.92. The first kappa shape index (κ1) is 29.3. The number of carbonyl (C=O) groups is 1. The molecule has 6 rings (SSSR count). The largest absolute Gasteiger partial charge is 0.358 e. The maximum Gasteiger partial charge on any atom is 0.295 e. The standard InChI is InChI=1S/C29H31F3N6O4S/c1-15-14-37(2)36-25(15)16-7-8-20(23(10-16)43(3,40)41)34-21-11-17(12-22(39)18-13-19(18)30)33-28-26(21)35-29(27(31)32)38(28)24-6-4-5-9-42-24/h7-8,10-11,14,18-19,24,27H,4-6,9,12-13H2,1-3H3,(H,33,34)/t18?,19-,24?/m0/s1. The molecule has 1 aliphatic carbocycles. The summed E-state index contributed by atoms with van der Waals surface area (Å²) in [6.45, 7) is 2.25. The van der Waals surface area contributed by atoms with Crippen LogP contribution in [0.25, 0.3) is 22.4 Å². The summed E-state index contributed by atoms with van der Waals surface area (Å²) >= 11 is 0. The molecular weight excluding hydrogens is 585 g/mol. The van der Waals surface area contributed by atoms with Gasteiger partial charge in [-0.1, -0.05) is 6.07 Å². The molecule has 4 aromatic rings. The molecule has 10 nitrogen and oxygen atoms in total. The van der Waals surface area contributed by atoms with Gasteiger partial charge in [0.2, 0.25) is 0 Å². The molecule has 3 atom stereocenters. The first-order chi connectivity index (χ1) is 20.4. The second-order valence-corrected chi connectivity index (χ2v) is 13.2. The Morgan fingerprint density at radius 2 is 1.95 bits per heavy atom. The summed E-state index contributed by atoms with van der Waals surface area (Å²) in [7, 11) is -2.02. The molecule has 0 spiro atoms. The molecular formula is C29H31F3N6O4S. The van der Waals surface area contributed by atoms with Gasteiger partial charge in [0.25, 0.3) is 6.43 Å². The quantitative estimate of drug-likeness (QED) is 0.266. The Hall–Kier alpha value is -3.78. The van der Waals surface area contributed by atoms with Crippen molar-refractivity contribution in [3.63, 3.8) is 0 Å². The fourth-order valence-corrected chi connectivity index (χ4v) is 6.47. The lowest BCUT2D eigenvalue weighted by Crippen LogP contribution is -2.21. The van der Waals surface area contributed by atoms with Gasteiger partial charge in [0.1, 0.15) is 23.7 Å². The number of halogens is 3. The van der Waals surface area contributed by atoms with Crippen LogP contribution in [-0.4, -0.2) is 57.6 Å². The number of rotatable bonds is 9. The molecule has 1 N–H and O–H groups in total. The van der Waals surface area contributed by atoms with Crippen molar-refractivity contribution in [2.75, 3.05) is 18.2 Å². The fraction of sp³-hybridized carbons (Fsp3) is 0.448. The molecule has 14 heteroatoms. The molecule has 1 aliphatic heterocycles. The van der Waals surface area contributed by atoms with Crippen LogP contribution in [0.2, 0.25) is 0 Å². The minimum atomic E-state index is -3.79. The van der Waals surface area contributed by atoms with E-state index < -0.39 is 40.4 Å². The lowest BCUT2D eigenvalue weighted by molar-refractivity contribution is -0.120. The van der Waals surface area contributed by atoms with Crippen LogP contribution in [0.3, 0.4) is 0 Å². The van der Waals surface area contributed by atoms with Gasteiger partial charge in [0.15, 0.2) is 21.3 Å². The summed E-state index contributed by atoms with van der Waals surface area (Å²) in [5.41, 5.74) is 2.78. The van der Waals surface area contributed by atoms with Crippen molar-refractivity contribution in [1.29, 1.82) is 0 Å². The Labute approximate surface area is 246 Å². The lowest BCUT2D eigenvalue weighted by atomic mass is 10.1. The number of hydrogen-bond donors (Lipinski definition) is 1. The molecule has 0 bridgehead atoms. The number of nitrogens with one attached hydrogen (secondary N) is 1. The van der Waals surface area contributed by atoms with E-state index in [4.69, 9.17) is 4.74 Å². The number of benzene rings is 1. The SMILES string of the molecule is Cc1cn(C)nc1-c1ccc(Nc2cc(CC(=O)C3C[C@@H]3F)nc3c2nc(C(F)F)n3C2CCCCO2)c(S(C)(=O)=O)c1. The van der Waals surface area contributed by atoms with Crippen molar-refractivity contribution < 1.29 is 31.1 Å². The van der Waals surface area contributed by atoms with Crippen LogP contribution in [0.1, 0.15) is 55.4 Å². The van der Waals surface area contributed by atoms with Crippen LogP contribution in [0.5, 0.6) is 0 Å². The predicted octanol–water partition coefficient (Wildman–Crippen LogP) is 5.39. The molecule has 0 radical (unpaired) electrons. The van der Waals surface area contributed by atoms with E-state index in [1.165, 1.54) is 16.7 Å². The third kappa shape index (κ3) is 5.77. The summed E-state index contributed by atoms with van der Waals surface area (Å²) in [4.78, 5) is 21.5. The summed E-state index contributed by atoms with van der Waals surface area (Å²) in [6, 6.07) is 6.27. The molecule has 1 aromatic carbocycles. The molecule has 0 amide bonds. The number of nitrogens with zero attached hydrogens (tertiary/aromatic N) is 5. The van der Waals surface area contributed by atoms with Crippen molar-refractivity contribution in [1.82, 2.24) is 24.3 Å². The van der Waals surface area contributed by atoms with Gasteiger partial charge >= 0.3 is 0 Å². The number of imidazole rings is 1. The lowest BCUT2D eigenvalue weighted by Gasteiger charge is -2.25. The van der Waals surface area contributed by atoms with Crippen LogP contribution in [0, 0.1) is 12.8 Å². The minimum absolute atomic E-state index is 0.0416. The van der Waals surface area contributed by atoms with Crippen molar-refractivity contribution >= 4 is 38.2 Å². The predicted molar refractivity (Wildman–Crippen MR) is 153 cm³/mol. The maximum absolute atomic E-state index is 14.3. The zero-order chi connectivity index (χ0) is 30.6. The van der Waals surface area contributed by atoms with Gasteiger partial charge in [-0.3, -0.25) is 14.0 Å². The molecule has 2 aliphatic rings. The fourth-order valence-electron chi connectivity index (χ4n) is 5.61. The minimum Gasteiger partial charge on any atom is -0.358 e. The zero-order valence-electron chi connectivity index (χ0n) is 23.8. The second kappa shape index (κ2) is 11.1. The molecule has 228 valence electrons. The second-order valence-electron chi connectivity index (χ2n) is 11.2. The Morgan fingerprint density at radius 3 is 2.56 bits per heavy atom. The molecule has 2 fully saturated rings. The van der Waals surface area contributed by atoms with E-state index in [1.54, 1.807) is 23.9 Å². The van der Waals surface area contributed by atoms with E-state index in [0.717, 1.165) is 24.7 Å². The topological polar surface area (TPSA) is 121 Å².